The minimum Gasteiger partial charge on any atom is -0.379 e. The van der Waals surface area contributed by atoms with Crippen molar-refractivity contribution in [2.75, 3.05) is 51.3 Å². The molecule has 1 N–H and O–H groups in total. The van der Waals surface area contributed by atoms with Crippen molar-refractivity contribution in [1.82, 2.24) is 9.21 Å². The van der Waals surface area contributed by atoms with Crippen LogP contribution in [0.25, 0.3) is 10.8 Å². The maximum Gasteiger partial charge on any atom is 0.511 e. The Labute approximate surface area is 181 Å². The van der Waals surface area contributed by atoms with Crippen molar-refractivity contribution in [3.8, 4) is 0 Å². The molecule has 1 unspecified atom stereocenters. The van der Waals surface area contributed by atoms with E-state index < -0.39 is 15.5 Å². The number of benzene rings is 2. The summed E-state index contributed by atoms with van der Waals surface area (Å²) in [5, 5.41) is 5.69. The standard InChI is InChI=1S/C21H28F3N3O3S/c1-2-14-30-16-18(25-20-9-5-7-17-6-3-4-8-19(17)20)15-26-10-12-27(13-11-26)31(28,29)21(22,23)24/h3-9,18,25H,2,10-16H2,1H3. The number of ether oxygens (including phenoxy) is 1. The number of alkyl halides is 3. The van der Waals surface area contributed by atoms with Gasteiger partial charge in [-0.05, 0) is 17.9 Å². The number of nitrogens with zero attached hydrogens (tertiary/aromatic N) is 2. The third kappa shape index (κ3) is 5.88. The molecule has 1 fully saturated rings. The normalized spacial score (nSPS) is 17.7. The summed E-state index contributed by atoms with van der Waals surface area (Å²) in [5.74, 6) is 0. The highest BCUT2D eigenvalue weighted by Crippen LogP contribution is 2.28. The summed E-state index contributed by atoms with van der Waals surface area (Å²) >= 11 is 0. The summed E-state index contributed by atoms with van der Waals surface area (Å²) in [4.78, 5) is 1.97. The molecule has 2 aromatic carbocycles. The quantitative estimate of drug-likeness (QED) is 0.582. The van der Waals surface area contributed by atoms with Crippen LogP contribution in [-0.4, -0.2) is 75.1 Å². The molecule has 3 rings (SSSR count). The first kappa shape index (κ1) is 23.8. The molecule has 0 radical (unpaired) electrons. The minimum absolute atomic E-state index is 0.0943. The molecule has 0 amide bonds. The van der Waals surface area contributed by atoms with Gasteiger partial charge >= 0.3 is 15.5 Å². The van der Waals surface area contributed by atoms with Gasteiger partial charge in [-0.15, -0.1) is 0 Å². The maximum absolute atomic E-state index is 12.8. The number of piperazine rings is 1. The van der Waals surface area contributed by atoms with Crippen LogP contribution in [-0.2, 0) is 14.8 Å². The number of fused-ring (bicyclic) bond motifs is 1. The average molecular weight is 460 g/mol. The van der Waals surface area contributed by atoms with E-state index >= 15 is 0 Å². The Balaban J connectivity index is 1.66. The Morgan fingerprint density at radius 2 is 1.74 bits per heavy atom. The van der Waals surface area contributed by atoms with Crippen molar-refractivity contribution in [2.24, 2.45) is 0 Å². The van der Waals surface area contributed by atoms with Crippen molar-refractivity contribution in [3.63, 3.8) is 0 Å². The van der Waals surface area contributed by atoms with Crippen molar-refractivity contribution in [3.05, 3.63) is 42.5 Å². The number of rotatable bonds is 9. The van der Waals surface area contributed by atoms with E-state index in [-0.39, 0.29) is 32.2 Å². The second-order valence-corrected chi connectivity index (χ2v) is 9.52. The third-order valence-electron chi connectivity index (χ3n) is 5.26. The lowest BCUT2D eigenvalue weighted by atomic mass is 10.1. The maximum atomic E-state index is 12.8. The van der Waals surface area contributed by atoms with E-state index in [0.29, 0.717) is 24.1 Å². The molecule has 10 heteroatoms. The highest BCUT2D eigenvalue weighted by Gasteiger charge is 2.50. The van der Waals surface area contributed by atoms with E-state index in [1.165, 1.54) is 0 Å². The summed E-state index contributed by atoms with van der Waals surface area (Å²) in [6.07, 6.45) is 0.884. The van der Waals surface area contributed by atoms with Crippen molar-refractivity contribution >= 4 is 26.5 Å². The van der Waals surface area contributed by atoms with E-state index in [0.717, 1.165) is 22.9 Å². The van der Waals surface area contributed by atoms with Crippen LogP contribution in [0.1, 0.15) is 13.3 Å². The first-order valence-electron chi connectivity index (χ1n) is 10.3. The van der Waals surface area contributed by atoms with Gasteiger partial charge in [0.2, 0.25) is 0 Å². The summed E-state index contributed by atoms with van der Waals surface area (Å²) < 4.78 is 67.9. The molecule has 1 aliphatic heterocycles. The Morgan fingerprint density at radius 1 is 1.06 bits per heavy atom. The Bertz CT molecular complexity index is 956. The second-order valence-electron chi connectivity index (χ2n) is 7.59. The summed E-state index contributed by atoms with van der Waals surface area (Å²) in [6, 6.07) is 13.9. The predicted octanol–water partition coefficient (Wildman–Crippen LogP) is 3.51. The summed E-state index contributed by atoms with van der Waals surface area (Å²) in [6.45, 7) is 3.72. The van der Waals surface area contributed by atoms with Crippen molar-refractivity contribution < 1.29 is 26.3 Å². The molecule has 1 saturated heterocycles. The van der Waals surface area contributed by atoms with Gasteiger partial charge in [0.25, 0.3) is 0 Å². The van der Waals surface area contributed by atoms with E-state index in [1.807, 2.05) is 54.3 Å². The summed E-state index contributed by atoms with van der Waals surface area (Å²) in [7, 11) is -5.28. The molecule has 0 saturated carbocycles. The van der Waals surface area contributed by atoms with Gasteiger partial charge in [0, 0.05) is 50.4 Å². The molecule has 31 heavy (non-hydrogen) atoms. The monoisotopic (exact) mass is 459 g/mol. The van der Waals surface area contributed by atoms with E-state index in [2.05, 4.69) is 5.32 Å². The lowest BCUT2D eigenvalue weighted by Crippen LogP contribution is -2.54. The third-order valence-corrected chi connectivity index (χ3v) is 6.89. The fourth-order valence-corrected chi connectivity index (χ4v) is 4.63. The van der Waals surface area contributed by atoms with Crippen LogP contribution in [0, 0.1) is 0 Å². The molecule has 1 aliphatic rings. The topological polar surface area (TPSA) is 61.9 Å². The highest BCUT2D eigenvalue weighted by atomic mass is 32.2. The van der Waals surface area contributed by atoms with Gasteiger partial charge in [-0.2, -0.15) is 17.5 Å². The lowest BCUT2D eigenvalue weighted by Gasteiger charge is -2.36. The van der Waals surface area contributed by atoms with Crippen LogP contribution in [0.4, 0.5) is 18.9 Å². The number of sulfonamides is 1. The number of anilines is 1. The molecule has 172 valence electrons. The Morgan fingerprint density at radius 3 is 2.42 bits per heavy atom. The van der Waals surface area contributed by atoms with Gasteiger partial charge < -0.3 is 10.1 Å². The molecule has 2 aromatic rings. The molecule has 1 atom stereocenters. The van der Waals surface area contributed by atoms with Crippen molar-refractivity contribution in [2.45, 2.75) is 24.9 Å². The smallest absolute Gasteiger partial charge is 0.379 e. The first-order chi connectivity index (χ1) is 14.7. The van der Waals surface area contributed by atoms with Gasteiger partial charge in [0.05, 0.1) is 12.6 Å². The molecule has 0 aliphatic carbocycles. The zero-order valence-corrected chi connectivity index (χ0v) is 18.3. The van der Waals surface area contributed by atoms with Crippen LogP contribution >= 0.6 is 0 Å². The van der Waals surface area contributed by atoms with E-state index in [4.69, 9.17) is 4.74 Å². The molecule has 0 bridgehead atoms. The lowest BCUT2D eigenvalue weighted by molar-refractivity contribution is -0.0500. The van der Waals surface area contributed by atoms with E-state index in [1.54, 1.807) is 0 Å². The van der Waals surface area contributed by atoms with Crippen LogP contribution < -0.4 is 5.32 Å². The van der Waals surface area contributed by atoms with Crippen molar-refractivity contribution in [1.29, 1.82) is 0 Å². The fourth-order valence-electron chi connectivity index (χ4n) is 3.69. The van der Waals surface area contributed by atoms with Crippen LogP contribution in [0.15, 0.2) is 42.5 Å². The zero-order valence-electron chi connectivity index (χ0n) is 17.4. The van der Waals surface area contributed by atoms with Gasteiger partial charge in [-0.1, -0.05) is 43.3 Å². The zero-order chi connectivity index (χ0) is 22.5. The number of hydrogen-bond donors (Lipinski definition) is 1. The fraction of sp³-hybridized carbons (Fsp3) is 0.524. The largest absolute Gasteiger partial charge is 0.511 e. The van der Waals surface area contributed by atoms with Crippen LogP contribution in [0.5, 0.6) is 0 Å². The highest BCUT2D eigenvalue weighted by molar-refractivity contribution is 7.90. The predicted molar refractivity (Wildman–Crippen MR) is 115 cm³/mol. The second kappa shape index (κ2) is 10.2. The minimum atomic E-state index is -5.28. The summed E-state index contributed by atoms with van der Waals surface area (Å²) in [5.41, 5.74) is -4.30. The van der Waals surface area contributed by atoms with Gasteiger partial charge in [0.15, 0.2) is 0 Å². The molecule has 0 aromatic heterocycles. The SMILES string of the molecule is CCCOCC(CN1CCN(S(=O)(=O)C(F)(F)F)CC1)Nc1cccc2ccccc12. The molecule has 0 spiro atoms. The average Bonchev–Trinajstić information content (AvgIpc) is 2.74. The van der Waals surface area contributed by atoms with Crippen LogP contribution in [0.2, 0.25) is 0 Å². The number of nitrogens with one attached hydrogen (secondary N) is 1. The Kier molecular flexibility index (Phi) is 7.79. The van der Waals surface area contributed by atoms with Gasteiger partial charge in [0.1, 0.15) is 0 Å². The molecular weight excluding hydrogens is 431 g/mol. The Hall–Kier alpha value is -1.88. The molecular formula is C21H28F3N3O3S. The van der Waals surface area contributed by atoms with Gasteiger partial charge in [-0.3, -0.25) is 4.90 Å². The molecule has 6 nitrogen and oxygen atoms in total. The molecule has 1 heterocycles. The van der Waals surface area contributed by atoms with Crippen LogP contribution in [0.3, 0.4) is 0 Å². The first-order valence-corrected chi connectivity index (χ1v) is 11.8. The van der Waals surface area contributed by atoms with E-state index in [9.17, 15) is 21.6 Å². The van der Waals surface area contributed by atoms with Gasteiger partial charge in [-0.25, -0.2) is 8.42 Å². The number of hydrogen-bond acceptors (Lipinski definition) is 5. The number of halogens is 3.